The molecule has 8 nitrogen and oxygen atoms in total. The molecule has 0 saturated heterocycles. The van der Waals surface area contributed by atoms with Gasteiger partial charge in [0, 0.05) is 30.1 Å². The molecule has 0 fully saturated rings. The van der Waals surface area contributed by atoms with Crippen LogP contribution in [0.5, 0.6) is 0 Å². The SMILES string of the molecule is CCN(CC)S(=O)(=O)c1ccc(NCc2nc(-c3ccccc3)cs2)c([N+](=O)[O-])c1. The third-order valence-electron chi connectivity index (χ3n) is 4.56. The van der Waals surface area contributed by atoms with Crippen molar-refractivity contribution < 1.29 is 13.3 Å². The van der Waals surface area contributed by atoms with Crippen LogP contribution in [0, 0.1) is 10.1 Å². The molecule has 0 amide bonds. The van der Waals surface area contributed by atoms with Crippen LogP contribution in [0.2, 0.25) is 0 Å². The number of sulfonamides is 1. The highest BCUT2D eigenvalue weighted by atomic mass is 32.2. The highest BCUT2D eigenvalue weighted by molar-refractivity contribution is 7.89. The maximum atomic E-state index is 12.7. The number of nitro benzene ring substituents is 1. The minimum atomic E-state index is -3.78. The summed E-state index contributed by atoms with van der Waals surface area (Å²) in [5, 5.41) is 17.3. The number of thiazole rings is 1. The zero-order valence-corrected chi connectivity index (χ0v) is 18.2. The molecule has 0 bridgehead atoms. The lowest BCUT2D eigenvalue weighted by Crippen LogP contribution is -2.30. The van der Waals surface area contributed by atoms with E-state index in [0.29, 0.717) is 19.6 Å². The fourth-order valence-electron chi connectivity index (χ4n) is 2.99. The van der Waals surface area contributed by atoms with E-state index in [4.69, 9.17) is 0 Å². The zero-order chi connectivity index (χ0) is 21.7. The molecule has 1 heterocycles. The lowest BCUT2D eigenvalue weighted by Gasteiger charge is -2.18. The second-order valence-electron chi connectivity index (χ2n) is 6.37. The molecule has 2 aromatic carbocycles. The number of hydrogen-bond donors (Lipinski definition) is 1. The monoisotopic (exact) mass is 446 g/mol. The molecule has 1 N–H and O–H groups in total. The van der Waals surface area contributed by atoms with E-state index in [0.717, 1.165) is 22.3 Å². The molecule has 1 aromatic heterocycles. The molecular weight excluding hydrogens is 424 g/mol. The Bertz CT molecular complexity index is 1130. The smallest absolute Gasteiger partial charge is 0.293 e. The van der Waals surface area contributed by atoms with Gasteiger partial charge < -0.3 is 5.32 Å². The number of nitro groups is 1. The van der Waals surface area contributed by atoms with Crippen LogP contribution < -0.4 is 5.32 Å². The fourth-order valence-corrected chi connectivity index (χ4v) is 5.21. The maximum absolute atomic E-state index is 12.7. The van der Waals surface area contributed by atoms with Gasteiger partial charge in [-0.3, -0.25) is 10.1 Å². The van der Waals surface area contributed by atoms with E-state index in [2.05, 4.69) is 10.3 Å². The summed E-state index contributed by atoms with van der Waals surface area (Å²) >= 11 is 1.45. The number of anilines is 1. The van der Waals surface area contributed by atoms with Crippen molar-refractivity contribution in [2.75, 3.05) is 18.4 Å². The molecule has 10 heteroatoms. The Hall–Kier alpha value is -2.82. The van der Waals surface area contributed by atoms with Crippen molar-refractivity contribution in [3.05, 3.63) is 69.0 Å². The van der Waals surface area contributed by atoms with Gasteiger partial charge in [-0.05, 0) is 12.1 Å². The van der Waals surface area contributed by atoms with Gasteiger partial charge in [0.05, 0.1) is 22.1 Å². The predicted octanol–water partition coefficient (Wildman–Crippen LogP) is 4.36. The Labute approximate surface area is 179 Å². The van der Waals surface area contributed by atoms with Crippen LogP contribution in [-0.2, 0) is 16.6 Å². The molecule has 3 rings (SSSR count). The summed E-state index contributed by atoms with van der Waals surface area (Å²) < 4.78 is 26.6. The van der Waals surface area contributed by atoms with Gasteiger partial charge in [0.1, 0.15) is 10.7 Å². The average molecular weight is 447 g/mol. The van der Waals surface area contributed by atoms with Crippen molar-refractivity contribution in [2.45, 2.75) is 25.3 Å². The van der Waals surface area contributed by atoms with Crippen LogP contribution in [0.3, 0.4) is 0 Å². The molecule has 3 aromatic rings. The summed E-state index contributed by atoms with van der Waals surface area (Å²) in [6.07, 6.45) is 0. The van der Waals surface area contributed by atoms with Gasteiger partial charge in [-0.2, -0.15) is 4.31 Å². The second-order valence-corrected chi connectivity index (χ2v) is 9.25. The number of nitrogens with one attached hydrogen (secondary N) is 1. The molecule has 0 aliphatic rings. The van der Waals surface area contributed by atoms with Crippen LogP contribution in [0.1, 0.15) is 18.9 Å². The molecule has 0 atom stereocenters. The minimum absolute atomic E-state index is 0.0935. The molecule has 0 saturated carbocycles. The highest BCUT2D eigenvalue weighted by Crippen LogP contribution is 2.30. The van der Waals surface area contributed by atoms with E-state index < -0.39 is 14.9 Å². The summed E-state index contributed by atoms with van der Waals surface area (Å²) in [6.45, 7) is 4.33. The molecule has 0 aliphatic heterocycles. The Balaban J connectivity index is 1.82. The first-order valence-electron chi connectivity index (χ1n) is 9.39. The van der Waals surface area contributed by atoms with Crippen molar-refractivity contribution in [3.63, 3.8) is 0 Å². The predicted molar refractivity (Wildman–Crippen MR) is 118 cm³/mol. The molecule has 158 valence electrons. The van der Waals surface area contributed by atoms with E-state index >= 15 is 0 Å². The molecule has 30 heavy (non-hydrogen) atoms. The number of hydrogen-bond acceptors (Lipinski definition) is 7. The van der Waals surface area contributed by atoms with Crippen LogP contribution >= 0.6 is 11.3 Å². The fraction of sp³-hybridized carbons (Fsp3) is 0.250. The summed E-state index contributed by atoms with van der Waals surface area (Å²) in [5.41, 5.74) is 1.79. The maximum Gasteiger partial charge on any atom is 0.293 e. The summed E-state index contributed by atoms with van der Waals surface area (Å²) in [5.74, 6) is 0. The largest absolute Gasteiger partial charge is 0.373 e. The van der Waals surface area contributed by atoms with Crippen molar-refractivity contribution >= 4 is 32.7 Å². The summed E-state index contributed by atoms with van der Waals surface area (Å²) in [4.78, 5) is 15.4. The lowest BCUT2D eigenvalue weighted by atomic mass is 10.2. The normalized spacial score (nSPS) is 11.6. The van der Waals surface area contributed by atoms with E-state index in [9.17, 15) is 18.5 Å². The molecular formula is C20H22N4O4S2. The number of benzene rings is 2. The summed E-state index contributed by atoms with van der Waals surface area (Å²) in [7, 11) is -3.78. The van der Waals surface area contributed by atoms with Crippen LogP contribution in [0.15, 0.2) is 58.8 Å². The first-order valence-corrected chi connectivity index (χ1v) is 11.7. The zero-order valence-electron chi connectivity index (χ0n) is 16.6. The Morgan fingerprint density at radius 3 is 2.47 bits per heavy atom. The van der Waals surface area contributed by atoms with Gasteiger partial charge >= 0.3 is 0 Å². The Kier molecular flexibility index (Phi) is 6.80. The number of rotatable bonds is 9. The lowest BCUT2D eigenvalue weighted by molar-refractivity contribution is -0.384. The topological polar surface area (TPSA) is 105 Å². The van der Waals surface area contributed by atoms with Gasteiger partial charge in [-0.15, -0.1) is 11.3 Å². The molecule has 0 spiro atoms. The third-order valence-corrected chi connectivity index (χ3v) is 7.46. The molecule has 0 unspecified atom stereocenters. The van der Waals surface area contributed by atoms with Gasteiger partial charge in [-0.1, -0.05) is 44.2 Å². The van der Waals surface area contributed by atoms with Crippen LogP contribution in [-0.4, -0.2) is 35.7 Å². The van der Waals surface area contributed by atoms with Gasteiger partial charge in [0.25, 0.3) is 5.69 Å². The van der Waals surface area contributed by atoms with Crippen molar-refractivity contribution in [3.8, 4) is 11.3 Å². The third kappa shape index (κ3) is 4.66. The average Bonchev–Trinajstić information content (AvgIpc) is 3.22. The first kappa shape index (κ1) is 21.9. The minimum Gasteiger partial charge on any atom is -0.373 e. The van der Waals surface area contributed by atoms with E-state index in [1.165, 1.54) is 27.8 Å². The van der Waals surface area contributed by atoms with Crippen molar-refractivity contribution in [1.82, 2.24) is 9.29 Å². The van der Waals surface area contributed by atoms with E-state index in [1.807, 2.05) is 35.7 Å². The standard InChI is InChI=1S/C20H22N4O4S2/c1-3-23(4-2)30(27,28)16-10-11-17(19(12-16)24(25)26)21-13-20-22-18(14-29-20)15-8-6-5-7-9-15/h5-12,14,21H,3-4,13H2,1-2H3. The van der Waals surface area contributed by atoms with Gasteiger partial charge in [0.15, 0.2) is 0 Å². The molecule has 0 radical (unpaired) electrons. The first-order chi connectivity index (χ1) is 14.4. The van der Waals surface area contributed by atoms with Gasteiger partial charge in [-0.25, -0.2) is 13.4 Å². The number of aromatic nitrogens is 1. The Morgan fingerprint density at radius 2 is 1.83 bits per heavy atom. The second kappa shape index (κ2) is 9.33. The van der Waals surface area contributed by atoms with E-state index in [-0.39, 0.29) is 16.3 Å². The summed E-state index contributed by atoms with van der Waals surface area (Å²) in [6, 6.07) is 13.7. The Morgan fingerprint density at radius 1 is 1.13 bits per heavy atom. The molecule has 0 aliphatic carbocycles. The van der Waals surface area contributed by atoms with Gasteiger partial charge in [0.2, 0.25) is 10.0 Å². The quantitative estimate of drug-likeness (QED) is 0.387. The van der Waals surface area contributed by atoms with Crippen molar-refractivity contribution in [2.24, 2.45) is 0 Å². The van der Waals surface area contributed by atoms with Crippen LogP contribution in [0.4, 0.5) is 11.4 Å². The highest BCUT2D eigenvalue weighted by Gasteiger charge is 2.25. The van der Waals surface area contributed by atoms with Crippen LogP contribution in [0.25, 0.3) is 11.3 Å². The van der Waals surface area contributed by atoms with E-state index in [1.54, 1.807) is 13.8 Å². The van der Waals surface area contributed by atoms with Crippen molar-refractivity contribution in [1.29, 1.82) is 0 Å². The number of nitrogens with zero attached hydrogens (tertiary/aromatic N) is 3.